The molecule has 0 radical (unpaired) electrons. The number of hydrogen-bond donors (Lipinski definition) is 2. The van der Waals surface area contributed by atoms with Crippen molar-refractivity contribution in [1.82, 2.24) is 15.1 Å². The molecule has 0 aliphatic carbocycles. The van der Waals surface area contributed by atoms with E-state index in [1.807, 2.05) is 35.1 Å². The molecular weight excluding hydrogens is 328 g/mol. The summed E-state index contributed by atoms with van der Waals surface area (Å²) in [6.45, 7) is 1.57. The molecule has 0 atom stereocenters. The van der Waals surface area contributed by atoms with Gasteiger partial charge in [0.1, 0.15) is 0 Å². The van der Waals surface area contributed by atoms with Crippen LogP contribution in [0.25, 0.3) is 10.8 Å². The number of hydrogen-bond acceptors (Lipinski definition) is 2. The van der Waals surface area contributed by atoms with E-state index >= 15 is 0 Å². The number of aryl methyl sites for hydroxylation is 1. The van der Waals surface area contributed by atoms with Gasteiger partial charge in [-0.05, 0) is 30.1 Å². The summed E-state index contributed by atoms with van der Waals surface area (Å²) in [5, 5.41) is 14.3. The van der Waals surface area contributed by atoms with Crippen molar-refractivity contribution in [2.45, 2.75) is 13.0 Å². The molecule has 0 saturated heterocycles. The maximum absolute atomic E-state index is 5.83. The average molecular weight is 345 g/mol. The molecule has 3 rings (SSSR count). The highest BCUT2D eigenvalue weighted by Gasteiger charge is 2.02. The normalized spacial score (nSPS) is 10.7. The highest BCUT2D eigenvalue weighted by atomic mass is 35.5. The zero-order valence-electron chi connectivity index (χ0n) is 12.5. The summed E-state index contributed by atoms with van der Waals surface area (Å²) in [4.78, 5) is 0. The van der Waals surface area contributed by atoms with Crippen LogP contribution in [-0.2, 0) is 6.54 Å². The molecule has 1 aromatic heterocycles. The van der Waals surface area contributed by atoms with E-state index in [0.717, 1.165) is 30.6 Å². The van der Waals surface area contributed by atoms with Crippen molar-refractivity contribution in [3.63, 3.8) is 0 Å². The third-order valence-corrected chi connectivity index (χ3v) is 3.93. The Hall–Kier alpha value is -2.11. The zero-order valence-corrected chi connectivity index (χ0v) is 14.1. The second-order valence-electron chi connectivity index (χ2n) is 5.18. The number of nitrogens with one attached hydrogen (secondary N) is 2. The third-order valence-electron chi connectivity index (χ3n) is 3.49. The Balaban J connectivity index is 1.51. The number of benzene rings is 2. The molecule has 23 heavy (non-hydrogen) atoms. The third kappa shape index (κ3) is 4.21. The van der Waals surface area contributed by atoms with Crippen LogP contribution in [0.15, 0.2) is 54.9 Å². The van der Waals surface area contributed by atoms with E-state index in [1.165, 1.54) is 5.39 Å². The van der Waals surface area contributed by atoms with Crippen LogP contribution < -0.4 is 10.6 Å². The molecule has 4 nitrogen and oxygen atoms in total. The zero-order chi connectivity index (χ0) is 16.1. The van der Waals surface area contributed by atoms with E-state index in [-0.39, 0.29) is 0 Å². The van der Waals surface area contributed by atoms with Crippen molar-refractivity contribution in [1.29, 1.82) is 0 Å². The molecular formula is C17H17ClN4S. The van der Waals surface area contributed by atoms with Gasteiger partial charge in [0, 0.05) is 30.4 Å². The second-order valence-corrected chi connectivity index (χ2v) is 6.03. The molecule has 3 aromatic rings. The van der Waals surface area contributed by atoms with E-state index in [1.54, 1.807) is 6.20 Å². The van der Waals surface area contributed by atoms with Crippen molar-refractivity contribution in [3.05, 3.63) is 59.9 Å². The van der Waals surface area contributed by atoms with Crippen LogP contribution in [0.5, 0.6) is 0 Å². The van der Waals surface area contributed by atoms with E-state index in [2.05, 4.69) is 33.9 Å². The van der Waals surface area contributed by atoms with Gasteiger partial charge in [-0.3, -0.25) is 4.68 Å². The van der Waals surface area contributed by atoms with Gasteiger partial charge in [0.25, 0.3) is 0 Å². The SMILES string of the molecule is S=C(NCCCn1cc(Cl)cn1)Nc1cccc2ccccc12. The van der Waals surface area contributed by atoms with Gasteiger partial charge in [-0.1, -0.05) is 48.0 Å². The maximum atomic E-state index is 5.83. The minimum Gasteiger partial charge on any atom is -0.362 e. The Labute approximate surface area is 145 Å². The fraction of sp³-hybridized carbons (Fsp3) is 0.176. The summed E-state index contributed by atoms with van der Waals surface area (Å²) in [5.74, 6) is 0. The number of halogens is 1. The first kappa shape index (κ1) is 15.8. The van der Waals surface area contributed by atoms with Crippen molar-refractivity contribution >= 4 is 45.4 Å². The second kappa shape index (κ2) is 7.44. The molecule has 0 amide bonds. The fourth-order valence-electron chi connectivity index (χ4n) is 2.40. The van der Waals surface area contributed by atoms with Crippen LogP contribution in [0.1, 0.15) is 6.42 Å². The first-order chi connectivity index (χ1) is 11.2. The highest BCUT2D eigenvalue weighted by molar-refractivity contribution is 7.80. The van der Waals surface area contributed by atoms with E-state index in [9.17, 15) is 0 Å². The lowest BCUT2D eigenvalue weighted by molar-refractivity contribution is 0.574. The van der Waals surface area contributed by atoms with Crippen LogP contribution in [-0.4, -0.2) is 21.4 Å². The van der Waals surface area contributed by atoms with Crippen molar-refractivity contribution in [2.75, 3.05) is 11.9 Å². The molecule has 2 aromatic carbocycles. The molecule has 0 fully saturated rings. The van der Waals surface area contributed by atoms with Gasteiger partial charge in [0.2, 0.25) is 0 Å². The average Bonchev–Trinajstić information content (AvgIpc) is 2.97. The summed E-state index contributed by atoms with van der Waals surface area (Å²) >= 11 is 11.2. The van der Waals surface area contributed by atoms with Crippen LogP contribution in [0.2, 0.25) is 5.02 Å². The molecule has 0 unspecified atom stereocenters. The molecule has 6 heteroatoms. The lowest BCUT2D eigenvalue weighted by atomic mass is 10.1. The minimum absolute atomic E-state index is 0.625. The Morgan fingerprint density at radius 3 is 2.83 bits per heavy atom. The maximum Gasteiger partial charge on any atom is 0.170 e. The molecule has 0 bridgehead atoms. The largest absolute Gasteiger partial charge is 0.362 e. The van der Waals surface area contributed by atoms with Crippen LogP contribution >= 0.6 is 23.8 Å². The molecule has 2 N–H and O–H groups in total. The molecule has 0 aliphatic heterocycles. The number of anilines is 1. The van der Waals surface area contributed by atoms with E-state index < -0.39 is 0 Å². The van der Waals surface area contributed by atoms with Gasteiger partial charge in [0.15, 0.2) is 5.11 Å². The van der Waals surface area contributed by atoms with Crippen LogP contribution in [0.4, 0.5) is 5.69 Å². The van der Waals surface area contributed by atoms with Crippen molar-refractivity contribution in [2.24, 2.45) is 0 Å². The standard InChI is InChI=1S/C17H17ClN4S/c18-14-11-20-22(12-14)10-4-9-19-17(23)21-16-8-3-6-13-5-1-2-7-15(13)16/h1-3,5-8,11-12H,4,9-10H2,(H2,19,21,23). The summed E-state index contributed by atoms with van der Waals surface area (Å²) < 4.78 is 1.82. The highest BCUT2D eigenvalue weighted by Crippen LogP contribution is 2.22. The Bertz CT molecular complexity index is 810. The van der Waals surface area contributed by atoms with Crippen molar-refractivity contribution in [3.8, 4) is 0 Å². The number of aromatic nitrogens is 2. The fourth-order valence-corrected chi connectivity index (χ4v) is 2.77. The lowest BCUT2D eigenvalue weighted by Gasteiger charge is -2.12. The first-order valence-corrected chi connectivity index (χ1v) is 8.21. The number of nitrogens with zero attached hydrogens (tertiary/aromatic N) is 2. The topological polar surface area (TPSA) is 41.9 Å². The number of thiocarbonyl (C=S) groups is 1. The predicted octanol–water partition coefficient (Wildman–Crippen LogP) is 4.07. The van der Waals surface area contributed by atoms with Gasteiger partial charge < -0.3 is 10.6 Å². The predicted molar refractivity (Wildman–Crippen MR) is 100 cm³/mol. The van der Waals surface area contributed by atoms with Gasteiger partial charge in [0.05, 0.1) is 11.2 Å². The Kier molecular flexibility index (Phi) is 5.10. The Morgan fingerprint density at radius 1 is 1.17 bits per heavy atom. The summed E-state index contributed by atoms with van der Waals surface area (Å²) in [6, 6.07) is 14.4. The summed E-state index contributed by atoms with van der Waals surface area (Å²) in [7, 11) is 0. The monoisotopic (exact) mass is 344 g/mol. The van der Waals surface area contributed by atoms with Gasteiger partial charge in [-0.15, -0.1) is 0 Å². The summed E-state index contributed by atoms with van der Waals surface area (Å²) in [5.41, 5.74) is 1.01. The van der Waals surface area contributed by atoms with Crippen LogP contribution in [0, 0.1) is 0 Å². The van der Waals surface area contributed by atoms with Crippen molar-refractivity contribution < 1.29 is 0 Å². The van der Waals surface area contributed by atoms with E-state index in [4.69, 9.17) is 23.8 Å². The van der Waals surface area contributed by atoms with Gasteiger partial charge in [-0.2, -0.15) is 5.10 Å². The van der Waals surface area contributed by atoms with Crippen LogP contribution in [0.3, 0.4) is 0 Å². The Morgan fingerprint density at radius 2 is 2.00 bits per heavy atom. The first-order valence-electron chi connectivity index (χ1n) is 7.43. The molecule has 118 valence electrons. The minimum atomic E-state index is 0.625. The van der Waals surface area contributed by atoms with E-state index in [0.29, 0.717) is 10.1 Å². The molecule has 1 heterocycles. The molecule has 0 spiro atoms. The quantitative estimate of drug-likeness (QED) is 0.541. The molecule has 0 aliphatic rings. The summed E-state index contributed by atoms with van der Waals surface area (Å²) in [6.07, 6.45) is 4.37. The number of rotatable bonds is 5. The van der Waals surface area contributed by atoms with Gasteiger partial charge >= 0.3 is 0 Å². The smallest absolute Gasteiger partial charge is 0.170 e. The lowest BCUT2D eigenvalue weighted by Crippen LogP contribution is -2.29. The van der Waals surface area contributed by atoms with Gasteiger partial charge in [-0.25, -0.2) is 0 Å². The number of fused-ring (bicyclic) bond motifs is 1. The molecule has 0 saturated carbocycles.